The van der Waals surface area contributed by atoms with Crippen LogP contribution in [0.5, 0.6) is 11.5 Å². The van der Waals surface area contributed by atoms with E-state index in [1.54, 1.807) is 29.3 Å². The van der Waals surface area contributed by atoms with E-state index >= 15 is 0 Å². The molecule has 38 heavy (non-hydrogen) atoms. The molecule has 0 unspecified atom stereocenters. The third-order valence-electron chi connectivity index (χ3n) is 6.11. The molecule has 1 saturated heterocycles. The van der Waals surface area contributed by atoms with Gasteiger partial charge in [0.2, 0.25) is 0 Å². The quantitative estimate of drug-likeness (QED) is 0.278. The third kappa shape index (κ3) is 6.14. The fourth-order valence-electron chi connectivity index (χ4n) is 4.19. The van der Waals surface area contributed by atoms with Crippen molar-refractivity contribution in [2.45, 2.75) is 26.2 Å². The zero-order chi connectivity index (χ0) is 27.2. The predicted molar refractivity (Wildman–Crippen MR) is 151 cm³/mol. The standard InChI is InChI=1S/C28H31BrN4O5/c1-5-6-20-13-19(14-24(36-4)26(20)38-17-25(34)32-9-11-37-12-10-32)16-30-33-27(18(2)3)31-23-8-7-21(29)15-22(23)28(33)35/h5,7-8,13-16,18H,1,6,9-12,17H2,2-4H3. The molecular weight excluding hydrogens is 552 g/mol. The van der Waals surface area contributed by atoms with Crippen molar-refractivity contribution in [1.82, 2.24) is 14.6 Å². The van der Waals surface area contributed by atoms with Gasteiger partial charge in [0.05, 0.1) is 37.4 Å². The highest BCUT2D eigenvalue weighted by molar-refractivity contribution is 9.10. The second-order valence-electron chi connectivity index (χ2n) is 9.13. The first-order valence-corrected chi connectivity index (χ1v) is 13.2. The van der Waals surface area contributed by atoms with Crippen molar-refractivity contribution in [1.29, 1.82) is 0 Å². The van der Waals surface area contributed by atoms with Crippen LogP contribution in [0.2, 0.25) is 0 Å². The second-order valence-corrected chi connectivity index (χ2v) is 10.0. The summed E-state index contributed by atoms with van der Waals surface area (Å²) >= 11 is 3.43. The summed E-state index contributed by atoms with van der Waals surface area (Å²) in [5.74, 6) is 1.35. The first-order chi connectivity index (χ1) is 18.3. The van der Waals surface area contributed by atoms with Gasteiger partial charge in [-0.05, 0) is 42.3 Å². The van der Waals surface area contributed by atoms with Gasteiger partial charge in [-0.2, -0.15) is 9.78 Å². The lowest BCUT2D eigenvalue weighted by molar-refractivity contribution is -0.137. The van der Waals surface area contributed by atoms with Crippen molar-refractivity contribution in [2.75, 3.05) is 40.0 Å². The van der Waals surface area contributed by atoms with Gasteiger partial charge in [0.15, 0.2) is 18.1 Å². The maximum Gasteiger partial charge on any atom is 0.282 e. The highest BCUT2D eigenvalue weighted by Crippen LogP contribution is 2.33. The Kier molecular flexibility index (Phi) is 8.96. The normalized spacial score (nSPS) is 13.9. The molecule has 0 aliphatic carbocycles. The highest BCUT2D eigenvalue weighted by atomic mass is 79.9. The van der Waals surface area contributed by atoms with Crippen molar-refractivity contribution in [2.24, 2.45) is 5.10 Å². The predicted octanol–water partition coefficient (Wildman–Crippen LogP) is 4.14. The van der Waals surface area contributed by atoms with Crippen molar-refractivity contribution < 1.29 is 19.0 Å². The maximum absolute atomic E-state index is 13.3. The molecule has 1 aliphatic rings. The number of carbonyl (C=O) groups is 1. The third-order valence-corrected chi connectivity index (χ3v) is 6.61. The van der Waals surface area contributed by atoms with Gasteiger partial charge in [-0.15, -0.1) is 6.58 Å². The minimum Gasteiger partial charge on any atom is -0.493 e. The first-order valence-electron chi connectivity index (χ1n) is 12.4. The van der Waals surface area contributed by atoms with Crippen LogP contribution in [0, 0.1) is 0 Å². The summed E-state index contributed by atoms with van der Waals surface area (Å²) in [5.41, 5.74) is 1.85. The van der Waals surface area contributed by atoms with Crippen LogP contribution >= 0.6 is 15.9 Å². The lowest BCUT2D eigenvalue weighted by Gasteiger charge is -2.27. The van der Waals surface area contributed by atoms with Crippen molar-refractivity contribution in [3.05, 3.63) is 74.8 Å². The Morgan fingerprint density at radius 1 is 1.26 bits per heavy atom. The molecule has 3 aromatic rings. The molecule has 2 aromatic carbocycles. The molecule has 0 spiro atoms. The number of carbonyl (C=O) groups excluding carboxylic acids is 1. The van der Waals surface area contributed by atoms with Gasteiger partial charge in [-0.3, -0.25) is 9.59 Å². The summed E-state index contributed by atoms with van der Waals surface area (Å²) in [6, 6.07) is 9.06. The second kappa shape index (κ2) is 12.4. The molecule has 0 bridgehead atoms. The van der Waals surface area contributed by atoms with Gasteiger partial charge in [-0.25, -0.2) is 4.98 Å². The van der Waals surface area contributed by atoms with Crippen LogP contribution < -0.4 is 15.0 Å². The average Bonchev–Trinajstić information content (AvgIpc) is 2.92. The van der Waals surface area contributed by atoms with Crippen LogP contribution in [-0.4, -0.2) is 66.7 Å². The molecule has 1 aromatic heterocycles. The zero-order valence-electron chi connectivity index (χ0n) is 21.8. The largest absolute Gasteiger partial charge is 0.493 e. The Morgan fingerprint density at radius 2 is 2.03 bits per heavy atom. The van der Waals surface area contributed by atoms with E-state index < -0.39 is 0 Å². The molecule has 2 heterocycles. The monoisotopic (exact) mass is 582 g/mol. The number of hydrogen-bond donors (Lipinski definition) is 0. The average molecular weight is 583 g/mol. The maximum atomic E-state index is 13.3. The minimum absolute atomic E-state index is 0.0291. The van der Waals surface area contributed by atoms with E-state index in [2.05, 4.69) is 32.6 Å². The smallest absolute Gasteiger partial charge is 0.282 e. The van der Waals surface area contributed by atoms with Crippen molar-refractivity contribution >= 4 is 39.0 Å². The van der Waals surface area contributed by atoms with Crippen LogP contribution in [-0.2, 0) is 16.0 Å². The Morgan fingerprint density at radius 3 is 2.71 bits per heavy atom. The number of amides is 1. The van der Waals surface area contributed by atoms with E-state index in [9.17, 15) is 9.59 Å². The number of allylic oxidation sites excluding steroid dienone is 1. The van der Waals surface area contributed by atoms with Crippen molar-refractivity contribution in [3.63, 3.8) is 0 Å². The molecule has 1 fully saturated rings. The summed E-state index contributed by atoms with van der Waals surface area (Å²) in [4.78, 5) is 32.4. The number of fused-ring (bicyclic) bond motifs is 1. The molecule has 1 amide bonds. The molecule has 200 valence electrons. The number of morpholine rings is 1. The molecule has 0 N–H and O–H groups in total. The number of benzene rings is 2. The first kappa shape index (κ1) is 27.5. The Balaban J connectivity index is 1.68. The molecule has 0 saturated carbocycles. The molecule has 4 rings (SSSR count). The van der Waals surface area contributed by atoms with Gasteiger partial charge in [-0.1, -0.05) is 35.9 Å². The Labute approximate surface area is 229 Å². The van der Waals surface area contributed by atoms with Gasteiger partial charge >= 0.3 is 0 Å². The molecule has 0 radical (unpaired) electrons. The number of nitrogens with zero attached hydrogens (tertiary/aromatic N) is 4. The van der Waals surface area contributed by atoms with E-state index in [1.165, 1.54) is 11.8 Å². The summed E-state index contributed by atoms with van der Waals surface area (Å²) < 4.78 is 19.0. The molecule has 9 nitrogen and oxygen atoms in total. The minimum atomic E-state index is -0.254. The summed E-state index contributed by atoms with van der Waals surface area (Å²) in [6.07, 6.45) is 3.83. The lowest BCUT2D eigenvalue weighted by atomic mass is 10.1. The number of aromatic nitrogens is 2. The molecule has 1 aliphatic heterocycles. The SMILES string of the molecule is C=CCc1cc(C=Nn2c(C(C)C)nc3ccc(Br)cc3c2=O)cc(OC)c1OCC(=O)N1CCOCC1. The van der Waals surface area contributed by atoms with E-state index in [0.29, 0.717) is 66.5 Å². The molecule has 0 atom stereocenters. The summed E-state index contributed by atoms with van der Waals surface area (Å²) in [7, 11) is 1.54. The zero-order valence-corrected chi connectivity index (χ0v) is 23.4. The van der Waals surface area contributed by atoms with Crippen LogP contribution in [0.1, 0.15) is 36.7 Å². The summed E-state index contributed by atoms with van der Waals surface area (Å²) in [5, 5.41) is 5.00. The number of ether oxygens (including phenoxy) is 3. The van der Waals surface area contributed by atoms with Gasteiger partial charge in [0, 0.05) is 29.0 Å². The Bertz CT molecular complexity index is 1430. The lowest BCUT2D eigenvalue weighted by Crippen LogP contribution is -2.43. The van der Waals surface area contributed by atoms with Crippen LogP contribution in [0.4, 0.5) is 0 Å². The number of rotatable bonds is 9. The van der Waals surface area contributed by atoms with E-state index in [-0.39, 0.29) is 24.0 Å². The fraction of sp³-hybridized carbons (Fsp3) is 0.357. The fourth-order valence-corrected chi connectivity index (χ4v) is 4.56. The molecule has 10 heteroatoms. The van der Waals surface area contributed by atoms with E-state index in [4.69, 9.17) is 14.2 Å². The van der Waals surface area contributed by atoms with Crippen LogP contribution in [0.15, 0.2) is 57.4 Å². The summed E-state index contributed by atoms with van der Waals surface area (Å²) in [6.45, 7) is 9.81. The Hall–Kier alpha value is -3.50. The van der Waals surface area contributed by atoms with Gasteiger partial charge in [0.25, 0.3) is 11.5 Å². The topological polar surface area (TPSA) is 95.2 Å². The van der Waals surface area contributed by atoms with E-state index in [1.807, 2.05) is 32.0 Å². The number of methoxy groups -OCH3 is 1. The number of halogens is 1. The van der Waals surface area contributed by atoms with Crippen LogP contribution in [0.3, 0.4) is 0 Å². The number of hydrogen-bond acceptors (Lipinski definition) is 7. The van der Waals surface area contributed by atoms with E-state index in [0.717, 1.165) is 10.0 Å². The highest BCUT2D eigenvalue weighted by Gasteiger charge is 2.20. The van der Waals surface area contributed by atoms with Gasteiger partial charge < -0.3 is 19.1 Å². The molecular formula is C28H31BrN4O5. The van der Waals surface area contributed by atoms with Crippen LogP contribution in [0.25, 0.3) is 10.9 Å². The van der Waals surface area contributed by atoms with Gasteiger partial charge in [0.1, 0.15) is 5.82 Å². The van der Waals surface area contributed by atoms with Crippen molar-refractivity contribution in [3.8, 4) is 11.5 Å².